The summed E-state index contributed by atoms with van der Waals surface area (Å²) in [5, 5.41) is 23.1. The lowest BCUT2D eigenvalue weighted by Crippen LogP contribution is -2.54. The van der Waals surface area contributed by atoms with Crippen LogP contribution in [0.1, 0.15) is 52.9 Å². The minimum Gasteiger partial charge on any atom is -0.480 e. The fraction of sp³-hybridized carbons (Fsp3) is 0.700. The number of nitrogens with two attached hydrogens (primary N) is 2. The SMILES string of the molecule is [2H]N(C(=O)[C@H](CCCCN)N([2H])C(=O)CC[C@@H](NC(=O)[C@H](C)N)C(=O)O)[C@@H](C)C(=O)N[C@@H](C)C(=O)O. The van der Waals surface area contributed by atoms with Crippen LogP contribution in [0.5, 0.6) is 0 Å². The number of unbranched alkanes of at least 4 members (excludes halogenated alkanes) is 1. The Labute approximate surface area is 200 Å². The van der Waals surface area contributed by atoms with E-state index in [1.807, 2.05) is 0 Å². The first-order valence-electron chi connectivity index (χ1n) is 11.7. The fourth-order valence-electron chi connectivity index (χ4n) is 2.52. The van der Waals surface area contributed by atoms with Crippen LogP contribution in [0.15, 0.2) is 0 Å². The molecule has 0 aromatic carbocycles. The molecule has 0 radical (unpaired) electrons. The first-order chi connectivity index (χ1) is 16.6. The summed E-state index contributed by atoms with van der Waals surface area (Å²) in [6.45, 7) is 3.99. The molecule has 194 valence electrons. The summed E-state index contributed by atoms with van der Waals surface area (Å²) in [5.41, 5.74) is 10.9. The number of nitrogens with one attached hydrogen (secondary N) is 4. The van der Waals surface area contributed by atoms with Crippen molar-refractivity contribution in [1.29, 1.82) is 0 Å². The minimum absolute atomic E-state index is 0.0652. The summed E-state index contributed by atoms with van der Waals surface area (Å²) >= 11 is 0. The molecule has 0 rings (SSSR count). The Balaban J connectivity index is 5.48. The molecule has 0 aromatic heterocycles. The van der Waals surface area contributed by atoms with Gasteiger partial charge in [0.1, 0.15) is 24.2 Å². The maximum Gasteiger partial charge on any atom is 0.326 e. The van der Waals surface area contributed by atoms with E-state index in [2.05, 4.69) is 10.6 Å². The fourth-order valence-corrected chi connectivity index (χ4v) is 2.52. The summed E-state index contributed by atoms with van der Waals surface area (Å²) in [4.78, 5) is 71.8. The average Bonchev–Trinajstić information content (AvgIpc) is 2.81. The van der Waals surface area contributed by atoms with Gasteiger partial charge in [0, 0.05) is 6.42 Å². The molecule has 0 unspecified atom stereocenters. The third kappa shape index (κ3) is 12.1. The molecule has 5 atom stereocenters. The topological polar surface area (TPSA) is 243 Å². The molecule has 0 aliphatic carbocycles. The predicted molar refractivity (Wildman–Crippen MR) is 120 cm³/mol. The van der Waals surface area contributed by atoms with Crippen molar-refractivity contribution in [3.8, 4) is 0 Å². The molecule has 0 fully saturated rings. The molecule has 0 aliphatic rings. The van der Waals surface area contributed by atoms with E-state index >= 15 is 0 Å². The second-order valence-corrected chi connectivity index (χ2v) is 7.76. The van der Waals surface area contributed by atoms with Crippen molar-refractivity contribution in [3.05, 3.63) is 0 Å². The van der Waals surface area contributed by atoms with Crippen molar-refractivity contribution in [3.63, 3.8) is 0 Å². The summed E-state index contributed by atoms with van der Waals surface area (Å²) in [5.74, 6) is -6.43. The Morgan fingerprint density at radius 2 is 1.41 bits per heavy atom. The standard InChI is InChI=1S/C20H36N6O8/c1-10(22)16(28)26-14(20(33)34)7-8-15(27)25-13(6-4-5-9-21)18(30)23-11(2)17(29)24-12(3)19(31)32/h10-14H,4-9,21-22H2,1-3H3,(H,23,30)(H,24,29)(H,25,27)(H,26,28)(H,31,32)(H,33,34)/t10-,11-,12-,13-,14+/m0/s1/i/hD2. The Morgan fingerprint density at radius 3 is 1.91 bits per heavy atom. The number of carboxylic acid groups (broad SMARTS) is 2. The third-order valence-electron chi connectivity index (χ3n) is 4.62. The van der Waals surface area contributed by atoms with E-state index < -0.39 is 72.2 Å². The van der Waals surface area contributed by atoms with Gasteiger partial charge < -0.3 is 42.9 Å². The minimum atomic E-state index is -1.49. The van der Waals surface area contributed by atoms with Gasteiger partial charge in [-0.1, -0.05) is 0 Å². The number of carbonyl (C=O) groups is 6. The molecule has 14 heteroatoms. The van der Waals surface area contributed by atoms with Gasteiger partial charge in [0.2, 0.25) is 23.6 Å². The highest BCUT2D eigenvalue weighted by atomic mass is 16.4. The van der Waals surface area contributed by atoms with Gasteiger partial charge in [0.25, 0.3) is 0 Å². The summed E-state index contributed by atoms with van der Waals surface area (Å²) in [6.07, 6.45) is -0.223. The van der Waals surface area contributed by atoms with E-state index in [1.165, 1.54) is 20.8 Å². The predicted octanol–water partition coefficient (Wildman–Crippen LogP) is -2.61. The quantitative estimate of drug-likeness (QED) is 0.105. The van der Waals surface area contributed by atoms with Crippen molar-refractivity contribution < 1.29 is 41.8 Å². The first-order valence-corrected chi connectivity index (χ1v) is 10.8. The zero-order chi connectivity index (χ0) is 28.2. The van der Waals surface area contributed by atoms with Gasteiger partial charge >= 0.3 is 11.9 Å². The van der Waals surface area contributed by atoms with Crippen molar-refractivity contribution in [1.82, 2.24) is 21.3 Å². The lowest BCUT2D eigenvalue weighted by atomic mass is 10.1. The molecule has 0 heterocycles. The average molecular weight is 491 g/mol. The van der Waals surface area contributed by atoms with Crippen LogP contribution in [0.2, 0.25) is 2.82 Å². The van der Waals surface area contributed by atoms with Crippen LogP contribution >= 0.6 is 0 Å². The number of amides is 4. The van der Waals surface area contributed by atoms with Gasteiger partial charge in [0.15, 0.2) is 2.82 Å². The molecule has 0 bridgehead atoms. The van der Waals surface area contributed by atoms with Gasteiger partial charge in [-0.25, -0.2) is 4.79 Å². The van der Waals surface area contributed by atoms with Gasteiger partial charge in [-0.2, -0.15) is 0 Å². The van der Waals surface area contributed by atoms with Gasteiger partial charge in [-0.05, 0) is 53.0 Å². The van der Waals surface area contributed by atoms with E-state index in [4.69, 9.17) is 19.4 Å². The van der Waals surface area contributed by atoms with Crippen molar-refractivity contribution in [2.75, 3.05) is 6.54 Å². The van der Waals surface area contributed by atoms with Crippen LogP contribution in [-0.4, -0.2) is 82.5 Å². The number of aliphatic carboxylic acids is 2. The van der Waals surface area contributed by atoms with Gasteiger partial charge in [-0.15, -0.1) is 0 Å². The van der Waals surface area contributed by atoms with Gasteiger partial charge in [-0.3, -0.25) is 24.0 Å². The van der Waals surface area contributed by atoms with Crippen LogP contribution in [-0.2, 0) is 28.8 Å². The zero-order valence-electron chi connectivity index (χ0n) is 21.5. The lowest BCUT2D eigenvalue weighted by Gasteiger charge is -2.22. The molecular formula is C20H36N6O8. The molecule has 10 N–H and O–H groups in total. The number of carbonyl (C=O) groups excluding carboxylic acids is 4. The molecule has 0 aliphatic heterocycles. The summed E-state index contributed by atoms with van der Waals surface area (Å²) < 4.78 is 16.2. The summed E-state index contributed by atoms with van der Waals surface area (Å²) in [6, 6.07) is -6.65. The highest BCUT2D eigenvalue weighted by Gasteiger charge is 2.27. The number of hydrogen-bond acceptors (Lipinski definition) is 8. The number of carboxylic acids is 2. The van der Waals surface area contributed by atoms with Crippen molar-refractivity contribution in [2.24, 2.45) is 11.5 Å². The number of hydrogen-bond donors (Lipinski definition) is 8. The molecule has 0 saturated heterocycles. The monoisotopic (exact) mass is 490 g/mol. The first kappa shape index (κ1) is 27.0. The van der Waals surface area contributed by atoms with Gasteiger partial charge in [0.05, 0.1) is 6.04 Å². The molecular weight excluding hydrogens is 452 g/mol. The normalized spacial score (nSPS) is 15.9. The van der Waals surface area contributed by atoms with Crippen molar-refractivity contribution >= 4 is 35.6 Å². The van der Waals surface area contributed by atoms with E-state index in [9.17, 15) is 33.9 Å². The van der Waals surface area contributed by atoms with E-state index in [1.54, 1.807) is 0 Å². The van der Waals surface area contributed by atoms with Crippen LogP contribution in [0, 0.1) is 0 Å². The molecule has 0 aromatic rings. The zero-order valence-corrected chi connectivity index (χ0v) is 19.5. The molecule has 34 heavy (non-hydrogen) atoms. The largest absolute Gasteiger partial charge is 0.480 e. The highest BCUT2D eigenvalue weighted by Crippen LogP contribution is 2.05. The molecule has 0 spiro atoms. The Hall–Kier alpha value is -3.26. The second-order valence-electron chi connectivity index (χ2n) is 7.76. The number of rotatable bonds is 16. The van der Waals surface area contributed by atoms with Crippen LogP contribution in [0.4, 0.5) is 0 Å². The van der Waals surface area contributed by atoms with E-state index in [-0.39, 0.29) is 24.7 Å². The highest BCUT2D eigenvalue weighted by molar-refractivity contribution is 5.93. The Morgan fingerprint density at radius 1 is 0.794 bits per heavy atom. The maximum absolute atomic E-state index is 12.9. The Bertz CT molecular complexity index is 815. The van der Waals surface area contributed by atoms with E-state index in [0.29, 0.717) is 18.2 Å². The molecule has 4 amide bonds. The van der Waals surface area contributed by atoms with Crippen LogP contribution in [0.3, 0.4) is 0 Å². The Kier molecular flexibility index (Phi) is 12.3. The van der Waals surface area contributed by atoms with E-state index in [0.717, 1.165) is 0 Å². The second kappa shape index (κ2) is 15.6. The van der Waals surface area contributed by atoms with Crippen LogP contribution in [0.25, 0.3) is 0 Å². The lowest BCUT2D eigenvalue weighted by molar-refractivity contribution is -0.142. The maximum atomic E-state index is 12.9. The molecule has 0 saturated carbocycles. The smallest absolute Gasteiger partial charge is 0.326 e. The third-order valence-corrected chi connectivity index (χ3v) is 4.62. The summed E-state index contributed by atoms with van der Waals surface area (Å²) in [7, 11) is 0. The van der Waals surface area contributed by atoms with Crippen LogP contribution < -0.4 is 32.7 Å². The van der Waals surface area contributed by atoms with Crippen molar-refractivity contribution in [2.45, 2.75) is 83.1 Å². The molecule has 14 nitrogen and oxygen atoms in total.